The van der Waals surface area contributed by atoms with E-state index in [2.05, 4.69) is 10.6 Å². The Kier molecular flexibility index (Phi) is 5.85. The fourth-order valence-corrected chi connectivity index (χ4v) is 2.63. The number of amides is 2. The molecule has 114 valence electrons. The van der Waals surface area contributed by atoms with Crippen LogP contribution in [0.15, 0.2) is 18.2 Å². The summed E-state index contributed by atoms with van der Waals surface area (Å²) in [6, 6.07) is 5.22. The maximum Gasteiger partial charge on any atom is 0.311 e. The topological polar surface area (TPSA) is 61.4 Å². The highest BCUT2D eigenvalue weighted by molar-refractivity contribution is 6.35. The summed E-state index contributed by atoms with van der Waals surface area (Å²) in [5.74, 6) is -1.04. The SMILES string of the molecule is O=C(NCCc1ccc(Cl)cc1Cl)C(=O)N1CCNCC1. The van der Waals surface area contributed by atoms with Gasteiger partial charge in [-0.1, -0.05) is 29.3 Å². The number of benzene rings is 1. The van der Waals surface area contributed by atoms with E-state index in [1.165, 1.54) is 0 Å². The molecule has 1 aliphatic rings. The Morgan fingerprint density at radius 3 is 2.62 bits per heavy atom. The molecule has 0 radical (unpaired) electrons. The highest BCUT2D eigenvalue weighted by atomic mass is 35.5. The van der Waals surface area contributed by atoms with Gasteiger partial charge >= 0.3 is 11.8 Å². The molecule has 1 aliphatic heterocycles. The van der Waals surface area contributed by atoms with E-state index < -0.39 is 11.8 Å². The fourth-order valence-electron chi connectivity index (χ4n) is 2.12. The van der Waals surface area contributed by atoms with Crippen molar-refractivity contribution in [1.29, 1.82) is 0 Å². The average Bonchev–Trinajstić information content (AvgIpc) is 2.49. The molecule has 21 heavy (non-hydrogen) atoms. The lowest BCUT2D eigenvalue weighted by Gasteiger charge is -2.26. The van der Waals surface area contributed by atoms with Gasteiger partial charge in [-0.2, -0.15) is 0 Å². The normalized spacial score (nSPS) is 14.9. The average molecular weight is 330 g/mol. The molecule has 2 amide bonds. The molecule has 0 aromatic heterocycles. The van der Waals surface area contributed by atoms with Crippen LogP contribution in [-0.4, -0.2) is 49.4 Å². The second-order valence-corrected chi connectivity index (χ2v) is 5.63. The minimum Gasteiger partial charge on any atom is -0.347 e. The number of hydrogen-bond acceptors (Lipinski definition) is 3. The van der Waals surface area contributed by atoms with E-state index in [0.717, 1.165) is 18.7 Å². The van der Waals surface area contributed by atoms with Crippen molar-refractivity contribution < 1.29 is 9.59 Å². The zero-order valence-corrected chi connectivity index (χ0v) is 13.0. The smallest absolute Gasteiger partial charge is 0.311 e. The zero-order valence-electron chi connectivity index (χ0n) is 11.5. The maximum absolute atomic E-state index is 11.9. The first-order valence-corrected chi connectivity index (χ1v) is 7.55. The molecule has 1 aromatic rings. The molecule has 1 fully saturated rings. The van der Waals surface area contributed by atoms with Gasteiger partial charge in [0.15, 0.2) is 0 Å². The molecule has 7 heteroatoms. The molecule has 1 heterocycles. The summed E-state index contributed by atoms with van der Waals surface area (Å²) in [4.78, 5) is 25.2. The summed E-state index contributed by atoms with van der Waals surface area (Å²) >= 11 is 11.9. The third-order valence-corrected chi connectivity index (χ3v) is 3.88. The second-order valence-electron chi connectivity index (χ2n) is 4.78. The summed E-state index contributed by atoms with van der Waals surface area (Å²) in [7, 11) is 0. The van der Waals surface area contributed by atoms with Crippen LogP contribution in [0.5, 0.6) is 0 Å². The Hall–Kier alpha value is -1.30. The van der Waals surface area contributed by atoms with E-state index in [1.54, 1.807) is 17.0 Å². The van der Waals surface area contributed by atoms with Crippen molar-refractivity contribution >= 4 is 35.0 Å². The molecule has 0 unspecified atom stereocenters. The van der Waals surface area contributed by atoms with Crippen molar-refractivity contribution in [2.75, 3.05) is 32.7 Å². The number of carbonyl (C=O) groups is 2. The molecule has 0 saturated carbocycles. The number of nitrogens with zero attached hydrogens (tertiary/aromatic N) is 1. The van der Waals surface area contributed by atoms with Crippen LogP contribution in [0.1, 0.15) is 5.56 Å². The van der Waals surface area contributed by atoms with E-state index in [9.17, 15) is 9.59 Å². The number of piperazine rings is 1. The van der Waals surface area contributed by atoms with Crippen LogP contribution < -0.4 is 10.6 Å². The van der Waals surface area contributed by atoms with Crippen molar-refractivity contribution in [3.63, 3.8) is 0 Å². The van der Waals surface area contributed by atoms with Crippen LogP contribution in [0.4, 0.5) is 0 Å². The predicted molar refractivity (Wildman–Crippen MR) is 82.6 cm³/mol. The highest BCUT2D eigenvalue weighted by Crippen LogP contribution is 2.20. The van der Waals surface area contributed by atoms with Gasteiger partial charge in [0.05, 0.1) is 0 Å². The summed E-state index contributed by atoms with van der Waals surface area (Å²) in [5.41, 5.74) is 0.885. The van der Waals surface area contributed by atoms with E-state index in [4.69, 9.17) is 23.2 Å². The number of nitrogens with one attached hydrogen (secondary N) is 2. The van der Waals surface area contributed by atoms with Crippen LogP contribution >= 0.6 is 23.2 Å². The summed E-state index contributed by atoms with van der Waals surface area (Å²) < 4.78 is 0. The van der Waals surface area contributed by atoms with Crippen LogP contribution in [0.25, 0.3) is 0 Å². The van der Waals surface area contributed by atoms with E-state index in [1.807, 2.05) is 6.07 Å². The van der Waals surface area contributed by atoms with Crippen molar-refractivity contribution in [3.05, 3.63) is 33.8 Å². The van der Waals surface area contributed by atoms with Gasteiger partial charge in [-0.25, -0.2) is 0 Å². The molecule has 0 atom stereocenters. The lowest BCUT2D eigenvalue weighted by molar-refractivity contribution is -0.146. The first-order chi connectivity index (χ1) is 10.1. The van der Waals surface area contributed by atoms with Gasteiger partial charge in [0.1, 0.15) is 0 Å². The third kappa shape index (κ3) is 4.59. The Bertz CT molecular complexity index is 531. The van der Waals surface area contributed by atoms with Gasteiger partial charge in [0.2, 0.25) is 0 Å². The molecule has 1 aromatic carbocycles. The number of halogens is 2. The Morgan fingerprint density at radius 2 is 1.95 bits per heavy atom. The number of carbonyl (C=O) groups excluding carboxylic acids is 2. The third-order valence-electron chi connectivity index (χ3n) is 3.29. The lowest BCUT2D eigenvalue weighted by atomic mass is 10.1. The van der Waals surface area contributed by atoms with Crippen LogP contribution in [0.2, 0.25) is 10.0 Å². The summed E-state index contributed by atoms with van der Waals surface area (Å²) in [6.07, 6.45) is 0.552. The first-order valence-electron chi connectivity index (χ1n) is 6.79. The number of hydrogen-bond donors (Lipinski definition) is 2. The minimum atomic E-state index is -0.568. The summed E-state index contributed by atoms with van der Waals surface area (Å²) in [5, 5.41) is 6.89. The van der Waals surface area contributed by atoms with Crippen LogP contribution in [0.3, 0.4) is 0 Å². The standard InChI is InChI=1S/C14H17Cl2N3O2/c15-11-2-1-10(12(16)9-11)3-4-18-13(20)14(21)19-7-5-17-6-8-19/h1-2,9,17H,3-8H2,(H,18,20). The van der Waals surface area contributed by atoms with Gasteiger partial charge in [0.25, 0.3) is 0 Å². The molecule has 2 N–H and O–H groups in total. The lowest BCUT2D eigenvalue weighted by Crippen LogP contribution is -2.51. The van der Waals surface area contributed by atoms with Crippen molar-refractivity contribution in [2.24, 2.45) is 0 Å². The quantitative estimate of drug-likeness (QED) is 0.816. The molecular weight excluding hydrogens is 313 g/mol. The largest absolute Gasteiger partial charge is 0.347 e. The fraction of sp³-hybridized carbons (Fsp3) is 0.429. The van der Waals surface area contributed by atoms with Gasteiger partial charge in [-0.3, -0.25) is 9.59 Å². The van der Waals surface area contributed by atoms with Gasteiger partial charge < -0.3 is 15.5 Å². The van der Waals surface area contributed by atoms with Crippen molar-refractivity contribution in [1.82, 2.24) is 15.5 Å². The van der Waals surface area contributed by atoms with Crippen LogP contribution in [0, 0.1) is 0 Å². The van der Waals surface area contributed by atoms with E-state index in [0.29, 0.717) is 36.1 Å². The molecular formula is C14H17Cl2N3O2. The summed E-state index contributed by atoms with van der Waals surface area (Å²) in [6.45, 7) is 2.93. The van der Waals surface area contributed by atoms with Crippen molar-refractivity contribution in [3.8, 4) is 0 Å². The molecule has 0 spiro atoms. The van der Waals surface area contributed by atoms with E-state index >= 15 is 0 Å². The van der Waals surface area contributed by atoms with Crippen LogP contribution in [-0.2, 0) is 16.0 Å². The predicted octanol–water partition coefficient (Wildman–Crippen LogP) is 1.08. The second kappa shape index (κ2) is 7.64. The molecule has 5 nitrogen and oxygen atoms in total. The van der Waals surface area contributed by atoms with Crippen molar-refractivity contribution in [2.45, 2.75) is 6.42 Å². The Morgan fingerprint density at radius 1 is 1.24 bits per heavy atom. The highest BCUT2D eigenvalue weighted by Gasteiger charge is 2.22. The molecule has 2 rings (SSSR count). The Labute approximate surface area is 133 Å². The monoisotopic (exact) mass is 329 g/mol. The first kappa shape index (κ1) is 16.1. The zero-order chi connectivity index (χ0) is 15.2. The molecule has 0 aliphatic carbocycles. The Balaban J connectivity index is 1.79. The van der Waals surface area contributed by atoms with E-state index in [-0.39, 0.29) is 0 Å². The minimum absolute atomic E-state index is 0.359. The van der Waals surface area contributed by atoms with Gasteiger partial charge in [-0.05, 0) is 24.1 Å². The number of rotatable bonds is 3. The maximum atomic E-state index is 11.9. The van der Waals surface area contributed by atoms with Gasteiger partial charge in [0, 0.05) is 42.8 Å². The van der Waals surface area contributed by atoms with Gasteiger partial charge in [-0.15, -0.1) is 0 Å². The molecule has 1 saturated heterocycles. The molecule has 0 bridgehead atoms.